The lowest BCUT2D eigenvalue weighted by atomic mass is 9.80. The molecule has 20 heavy (non-hydrogen) atoms. The Morgan fingerprint density at radius 2 is 1.90 bits per heavy atom. The standard InChI is InChI=1S/C17H19NO2/c19-14-9-15(20)18(10-11-4-2-1-3-5-11)17-13-7-6-12(8-13)16(14)17/h1-5,9,12-13,16-17,19H,6-8,10H2. The quantitative estimate of drug-likeness (QED) is 0.897. The Balaban J connectivity index is 1.67. The van der Waals surface area contributed by atoms with Crippen molar-refractivity contribution in [3.63, 3.8) is 0 Å². The summed E-state index contributed by atoms with van der Waals surface area (Å²) >= 11 is 0. The molecule has 1 aromatic rings. The van der Waals surface area contributed by atoms with Crippen molar-refractivity contribution in [2.45, 2.75) is 31.8 Å². The van der Waals surface area contributed by atoms with E-state index in [1.54, 1.807) is 0 Å². The minimum atomic E-state index is -0.0276. The summed E-state index contributed by atoms with van der Waals surface area (Å²) in [6, 6.07) is 10.4. The van der Waals surface area contributed by atoms with Crippen LogP contribution in [0.2, 0.25) is 0 Å². The number of nitrogens with zero attached hydrogens (tertiary/aromatic N) is 1. The molecule has 1 N–H and O–H groups in total. The smallest absolute Gasteiger partial charge is 0.250 e. The van der Waals surface area contributed by atoms with Crippen molar-refractivity contribution in [1.29, 1.82) is 0 Å². The van der Waals surface area contributed by atoms with E-state index in [1.165, 1.54) is 25.3 Å². The Morgan fingerprint density at radius 1 is 1.15 bits per heavy atom. The summed E-state index contributed by atoms with van der Waals surface area (Å²) in [4.78, 5) is 14.3. The number of hydrogen-bond donors (Lipinski definition) is 1. The average molecular weight is 269 g/mol. The highest BCUT2D eigenvalue weighted by Gasteiger charge is 2.54. The van der Waals surface area contributed by atoms with E-state index in [0.717, 1.165) is 5.56 Å². The van der Waals surface area contributed by atoms with Crippen LogP contribution < -0.4 is 0 Å². The Labute approximate surface area is 118 Å². The predicted octanol–water partition coefficient (Wildman–Crippen LogP) is 2.89. The summed E-state index contributed by atoms with van der Waals surface area (Å²) in [7, 11) is 0. The molecule has 4 unspecified atom stereocenters. The number of aliphatic hydroxyl groups excluding tert-OH is 1. The third-order valence-electron chi connectivity index (χ3n) is 5.32. The molecule has 1 heterocycles. The fourth-order valence-electron chi connectivity index (χ4n) is 4.54. The minimum absolute atomic E-state index is 0.0276. The molecule has 0 aromatic heterocycles. The van der Waals surface area contributed by atoms with Gasteiger partial charge in [-0.05, 0) is 36.7 Å². The molecule has 2 saturated carbocycles. The minimum Gasteiger partial charge on any atom is -0.512 e. The molecular weight excluding hydrogens is 250 g/mol. The van der Waals surface area contributed by atoms with Gasteiger partial charge in [0, 0.05) is 24.6 Å². The van der Waals surface area contributed by atoms with Gasteiger partial charge >= 0.3 is 0 Å². The highest BCUT2D eigenvalue weighted by molar-refractivity contribution is 5.89. The topological polar surface area (TPSA) is 40.5 Å². The fourth-order valence-corrected chi connectivity index (χ4v) is 4.54. The van der Waals surface area contributed by atoms with Gasteiger partial charge in [0.05, 0.1) is 0 Å². The molecule has 1 amide bonds. The van der Waals surface area contributed by atoms with Crippen LogP contribution in [0.5, 0.6) is 0 Å². The lowest BCUT2D eigenvalue weighted by Crippen LogP contribution is -2.50. The summed E-state index contributed by atoms with van der Waals surface area (Å²) in [6.45, 7) is 0.661. The molecule has 4 rings (SSSR count). The second-order valence-electron chi connectivity index (χ2n) is 6.37. The number of benzene rings is 1. The van der Waals surface area contributed by atoms with Gasteiger partial charge in [0.1, 0.15) is 5.76 Å². The monoisotopic (exact) mass is 269 g/mol. The maximum Gasteiger partial charge on any atom is 0.250 e. The Hall–Kier alpha value is -1.77. The number of hydrogen-bond acceptors (Lipinski definition) is 2. The molecule has 104 valence electrons. The molecule has 1 aromatic carbocycles. The van der Waals surface area contributed by atoms with E-state index >= 15 is 0 Å². The van der Waals surface area contributed by atoms with Crippen LogP contribution in [0, 0.1) is 17.8 Å². The van der Waals surface area contributed by atoms with Crippen LogP contribution in [0.1, 0.15) is 24.8 Å². The first kappa shape index (κ1) is 12.0. The molecule has 0 spiro atoms. The second-order valence-corrected chi connectivity index (χ2v) is 6.37. The van der Waals surface area contributed by atoms with E-state index < -0.39 is 0 Å². The van der Waals surface area contributed by atoms with Gasteiger partial charge in [-0.1, -0.05) is 30.3 Å². The largest absolute Gasteiger partial charge is 0.512 e. The zero-order chi connectivity index (χ0) is 13.7. The predicted molar refractivity (Wildman–Crippen MR) is 75.8 cm³/mol. The molecule has 1 aliphatic heterocycles. The van der Waals surface area contributed by atoms with E-state index in [4.69, 9.17) is 0 Å². The molecule has 0 saturated heterocycles. The van der Waals surface area contributed by atoms with E-state index in [9.17, 15) is 9.90 Å². The van der Waals surface area contributed by atoms with Crippen molar-refractivity contribution in [3.05, 3.63) is 47.7 Å². The SMILES string of the molecule is O=C1C=C(O)C2C3CCC(C3)C2N1Cc1ccccc1. The van der Waals surface area contributed by atoms with Crippen LogP contribution in [0.4, 0.5) is 0 Å². The lowest BCUT2D eigenvalue weighted by Gasteiger charge is -2.42. The number of aliphatic hydroxyl groups is 1. The third-order valence-corrected chi connectivity index (χ3v) is 5.32. The van der Waals surface area contributed by atoms with E-state index in [0.29, 0.717) is 24.1 Å². The van der Waals surface area contributed by atoms with Crippen LogP contribution in [0.15, 0.2) is 42.2 Å². The number of carbonyl (C=O) groups excluding carboxylic acids is 1. The summed E-state index contributed by atoms with van der Waals surface area (Å²) < 4.78 is 0. The zero-order valence-corrected chi connectivity index (χ0v) is 11.4. The van der Waals surface area contributed by atoms with Crippen molar-refractivity contribution < 1.29 is 9.90 Å². The van der Waals surface area contributed by atoms with Gasteiger partial charge in [0.15, 0.2) is 0 Å². The second kappa shape index (κ2) is 4.37. The average Bonchev–Trinajstić information content (AvgIpc) is 3.05. The summed E-state index contributed by atoms with van der Waals surface area (Å²) in [5, 5.41) is 10.2. The van der Waals surface area contributed by atoms with Crippen molar-refractivity contribution in [2.24, 2.45) is 17.8 Å². The maximum absolute atomic E-state index is 12.3. The van der Waals surface area contributed by atoms with Gasteiger partial charge in [0.2, 0.25) is 0 Å². The first-order chi connectivity index (χ1) is 9.74. The van der Waals surface area contributed by atoms with Gasteiger partial charge in [-0.15, -0.1) is 0 Å². The number of rotatable bonds is 2. The van der Waals surface area contributed by atoms with Crippen molar-refractivity contribution in [1.82, 2.24) is 4.90 Å². The number of fused-ring (bicyclic) bond motifs is 5. The summed E-state index contributed by atoms with van der Waals surface area (Å²) in [6.07, 6.45) is 5.03. The lowest BCUT2D eigenvalue weighted by molar-refractivity contribution is -0.133. The molecule has 2 fully saturated rings. The molecule has 3 nitrogen and oxygen atoms in total. The molecule has 3 heteroatoms. The maximum atomic E-state index is 12.3. The van der Waals surface area contributed by atoms with Crippen LogP contribution >= 0.6 is 0 Å². The zero-order valence-electron chi connectivity index (χ0n) is 11.4. The fraction of sp³-hybridized carbons (Fsp3) is 0.471. The van der Waals surface area contributed by atoms with Gasteiger partial charge in [0.25, 0.3) is 5.91 Å². The molecule has 0 radical (unpaired) electrons. The normalized spacial score (nSPS) is 35.1. The molecular formula is C17H19NO2. The van der Waals surface area contributed by atoms with Crippen molar-refractivity contribution >= 4 is 5.91 Å². The third kappa shape index (κ3) is 1.69. The molecule has 2 bridgehead atoms. The first-order valence-electron chi connectivity index (χ1n) is 7.49. The van der Waals surface area contributed by atoms with Crippen LogP contribution in [0.3, 0.4) is 0 Å². The van der Waals surface area contributed by atoms with Gasteiger partial charge in [-0.3, -0.25) is 4.79 Å². The highest BCUT2D eigenvalue weighted by atomic mass is 16.3. The van der Waals surface area contributed by atoms with Crippen LogP contribution in [-0.4, -0.2) is 22.0 Å². The van der Waals surface area contributed by atoms with Gasteiger partial charge in [-0.25, -0.2) is 0 Å². The van der Waals surface area contributed by atoms with E-state index in [1.807, 2.05) is 23.1 Å². The number of amides is 1. The first-order valence-corrected chi connectivity index (χ1v) is 7.49. The Bertz CT molecular complexity index is 566. The Kier molecular flexibility index (Phi) is 2.62. The molecule has 2 aliphatic carbocycles. The highest BCUT2D eigenvalue weighted by Crippen LogP contribution is 2.54. The Morgan fingerprint density at radius 3 is 2.70 bits per heavy atom. The van der Waals surface area contributed by atoms with Gasteiger partial charge < -0.3 is 10.0 Å². The van der Waals surface area contributed by atoms with E-state index in [2.05, 4.69) is 12.1 Å². The molecule has 3 aliphatic rings. The van der Waals surface area contributed by atoms with Gasteiger partial charge in [-0.2, -0.15) is 0 Å². The van der Waals surface area contributed by atoms with Crippen molar-refractivity contribution in [2.75, 3.05) is 0 Å². The van der Waals surface area contributed by atoms with E-state index in [-0.39, 0.29) is 17.9 Å². The summed E-state index contributed by atoms with van der Waals surface area (Å²) in [5.41, 5.74) is 1.16. The van der Waals surface area contributed by atoms with Crippen molar-refractivity contribution in [3.8, 4) is 0 Å². The van der Waals surface area contributed by atoms with Crippen LogP contribution in [-0.2, 0) is 11.3 Å². The van der Waals surface area contributed by atoms with Crippen LogP contribution in [0.25, 0.3) is 0 Å². The summed E-state index contributed by atoms with van der Waals surface area (Å²) in [5.74, 6) is 1.65. The number of carbonyl (C=O) groups is 1. The molecule has 4 atom stereocenters.